The lowest BCUT2D eigenvalue weighted by molar-refractivity contribution is 0.155. The smallest absolute Gasteiger partial charge is 0.276 e. The van der Waals surface area contributed by atoms with E-state index in [1.807, 2.05) is 31.2 Å². The quantitative estimate of drug-likeness (QED) is 0.585. The number of rotatable bonds is 4. The van der Waals surface area contributed by atoms with Gasteiger partial charge >= 0.3 is 0 Å². The largest absolute Gasteiger partial charge is 0.387 e. The first-order valence-corrected chi connectivity index (χ1v) is 8.98. The number of benzene rings is 2. The van der Waals surface area contributed by atoms with Gasteiger partial charge < -0.3 is 9.67 Å². The van der Waals surface area contributed by atoms with Crippen LogP contribution in [0.2, 0.25) is 5.02 Å². The van der Waals surface area contributed by atoms with Crippen molar-refractivity contribution in [2.24, 2.45) is 0 Å². The Bertz CT molecular complexity index is 1140. The molecule has 0 radical (unpaired) electrons. The molecule has 4 aromatic rings. The van der Waals surface area contributed by atoms with Gasteiger partial charge in [0.05, 0.1) is 18.3 Å². The molecule has 2 heterocycles. The Morgan fingerprint density at radius 1 is 1.07 bits per heavy atom. The van der Waals surface area contributed by atoms with E-state index >= 15 is 0 Å². The molecule has 5 nitrogen and oxygen atoms in total. The van der Waals surface area contributed by atoms with Gasteiger partial charge in [-0.3, -0.25) is 4.79 Å². The van der Waals surface area contributed by atoms with Crippen LogP contribution in [-0.2, 0) is 6.54 Å². The van der Waals surface area contributed by atoms with Gasteiger partial charge in [-0.2, -0.15) is 5.10 Å². The van der Waals surface area contributed by atoms with Crippen LogP contribution in [0.5, 0.6) is 0 Å². The zero-order valence-electron chi connectivity index (χ0n) is 14.7. The van der Waals surface area contributed by atoms with Crippen molar-refractivity contribution < 1.29 is 5.11 Å². The summed E-state index contributed by atoms with van der Waals surface area (Å²) in [4.78, 5) is 12.8. The zero-order valence-corrected chi connectivity index (χ0v) is 15.5. The van der Waals surface area contributed by atoms with Crippen molar-refractivity contribution in [2.75, 3.05) is 0 Å². The first-order chi connectivity index (χ1) is 13.0. The van der Waals surface area contributed by atoms with Crippen LogP contribution in [0, 0.1) is 6.92 Å². The Labute approximate surface area is 161 Å². The van der Waals surface area contributed by atoms with Gasteiger partial charge in [0.1, 0.15) is 5.52 Å². The van der Waals surface area contributed by atoms with Crippen molar-refractivity contribution >= 4 is 17.1 Å². The average Bonchev–Trinajstić information content (AvgIpc) is 3.10. The second-order valence-electron chi connectivity index (χ2n) is 6.55. The summed E-state index contributed by atoms with van der Waals surface area (Å²) in [6.45, 7) is 2.18. The molecule has 2 aromatic heterocycles. The van der Waals surface area contributed by atoms with Gasteiger partial charge in [-0.25, -0.2) is 4.52 Å². The summed E-state index contributed by atoms with van der Waals surface area (Å²) in [6, 6.07) is 16.7. The molecule has 136 valence electrons. The van der Waals surface area contributed by atoms with E-state index in [2.05, 4.69) is 5.10 Å². The number of aliphatic hydroxyl groups excluding tert-OH is 1. The Balaban J connectivity index is 1.66. The van der Waals surface area contributed by atoms with Gasteiger partial charge in [-0.05, 0) is 30.7 Å². The molecular formula is C21H18ClN3O2. The maximum atomic E-state index is 12.8. The van der Waals surface area contributed by atoms with Crippen LogP contribution >= 0.6 is 11.6 Å². The Hall–Kier alpha value is -2.89. The summed E-state index contributed by atoms with van der Waals surface area (Å²) < 4.78 is 3.07. The molecule has 1 atom stereocenters. The maximum absolute atomic E-state index is 12.8. The fraction of sp³-hybridized carbons (Fsp3) is 0.143. The van der Waals surface area contributed by atoms with Crippen molar-refractivity contribution in [1.82, 2.24) is 14.2 Å². The summed E-state index contributed by atoms with van der Waals surface area (Å²) in [7, 11) is 0. The normalized spacial score (nSPS) is 12.4. The van der Waals surface area contributed by atoms with Crippen LogP contribution in [0.3, 0.4) is 0 Å². The van der Waals surface area contributed by atoms with Crippen LogP contribution in [0.15, 0.2) is 71.8 Å². The zero-order chi connectivity index (χ0) is 19.0. The van der Waals surface area contributed by atoms with Crippen LogP contribution in [-0.4, -0.2) is 19.3 Å². The monoisotopic (exact) mass is 379 g/mol. The number of hydrogen-bond donors (Lipinski definition) is 1. The third-order valence-electron chi connectivity index (χ3n) is 4.58. The van der Waals surface area contributed by atoms with Crippen molar-refractivity contribution in [3.63, 3.8) is 0 Å². The number of halogens is 1. The lowest BCUT2D eigenvalue weighted by atomic mass is 10.1. The van der Waals surface area contributed by atoms with Crippen LogP contribution in [0.4, 0.5) is 0 Å². The first kappa shape index (κ1) is 17.5. The van der Waals surface area contributed by atoms with Crippen molar-refractivity contribution in [2.45, 2.75) is 19.6 Å². The average molecular weight is 380 g/mol. The predicted octanol–water partition coefficient (Wildman–Crippen LogP) is 3.86. The van der Waals surface area contributed by atoms with Gasteiger partial charge in [0.15, 0.2) is 0 Å². The number of nitrogens with zero attached hydrogens (tertiary/aromatic N) is 3. The highest BCUT2D eigenvalue weighted by Gasteiger charge is 2.13. The molecule has 0 fully saturated rings. The standard InChI is InChI=1S/C21H18ClN3O2/c1-14-2-4-15(5-3-14)18-12-19-21(27)24(10-11-25(19)23-18)13-20(26)16-6-8-17(22)9-7-16/h2-12,20,26H,13H2,1H3/t20-/m1/s1. The third-order valence-corrected chi connectivity index (χ3v) is 4.83. The van der Waals surface area contributed by atoms with Crippen LogP contribution in [0.25, 0.3) is 16.8 Å². The number of fused-ring (bicyclic) bond motifs is 1. The second-order valence-corrected chi connectivity index (χ2v) is 6.98. The fourth-order valence-corrected chi connectivity index (χ4v) is 3.14. The molecule has 0 saturated heterocycles. The van der Waals surface area contributed by atoms with Gasteiger partial charge in [-0.15, -0.1) is 0 Å². The number of hydrogen-bond acceptors (Lipinski definition) is 3. The molecule has 6 heteroatoms. The topological polar surface area (TPSA) is 59.5 Å². The Morgan fingerprint density at radius 2 is 1.78 bits per heavy atom. The summed E-state index contributed by atoms with van der Waals surface area (Å²) in [5.41, 5.74) is 3.84. The van der Waals surface area contributed by atoms with E-state index in [1.165, 1.54) is 10.1 Å². The highest BCUT2D eigenvalue weighted by atomic mass is 35.5. The molecule has 4 rings (SSSR count). The van der Waals surface area contributed by atoms with E-state index in [9.17, 15) is 9.90 Å². The molecule has 0 spiro atoms. The molecule has 2 aromatic carbocycles. The van der Waals surface area contributed by atoms with Gasteiger partial charge in [-0.1, -0.05) is 53.6 Å². The Kier molecular flexibility index (Phi) is 4.56. The van der Waals surface area contributed by atoms with E-state index in [0.29, 0.717) is 16.1 Å². The van der Waals surface area contributed by atoms with E-state index in [0.717, 1.165) is 11.3 Å². The summed E-state index contributed by atoms with van der Waals surface area (Å²) in [5, 5.41) is 15.5. The molecular weight excluding hydrogens is 362 g/mol. The maximum Gasteiger partial charge on any atom is 0.276 e. The molecule has 0 aliphatic heterocycles. The first-order valence-electron chi connectivity index (χ1n) is 8.61. The minimum atomic E-state index is -0.804. The van der Waals surface area contributed by atoms with E-state index in [-0.39, 0.29) is 12.1 Å². The van der Waals surface area contributed by atoms with Crippen LogP contribution in [0.1, 0.15) is 17.2 Å². The highest BCUT2D eigenvalue weighted by Crippen LogP contribution is 2.20. The Morgan fingerprint density at radius 3 is 2.48 bits per heavy atom. The molecule has 0 aliphatic carbocycles. The molecule has 0 saturated carbocycles. The lowest BCUT2D eigenvalue weighted by Gasteiger charge is -2.13. The molecule has 0 unspecified atom stereocenters. The fourth-order valence-electron chi connectivity index (χ4n) is 3.01. The van der Waals surface area contributed by atoms with Crippen molar-refractivity contribution in [3.8, 4) is 11.3 Å². The van der Waals surface area contributed by atoms with E-state index in [1.54, 1.807) is 47.2 Å². The third kappa shape index (κ3) is 3.52. The lowest BCUT2D eigenvalue weighted by Crippen LogP contribution is -2.24. The van der Waals surface area contributed by atoms with Crippen molar-refractivity contribution in [3.05, 3.63) is 93.5 Å². The number of aromatic nitrogens is 3. The predicted molar refractivity (Wildman–Crippen MR) is 106 cm³/mol. The number of aryl methyl sites for hydroxylation is 1. The van der Waals surface area contributed by atoms with Gasteiger partial charge in [0.25, 0.3) is 5.56 Å². The van der Waals surface area contributed by atoms with Crippen molar-refractivity contribution in [1.29, 1.82) is 0 Å². The number of aliphatic hydroxyl groups is 1. The second kappa shape index (κ2) is 7.02. The molecule has 27 heavy (non-hydrogen) atoms. The molecule has 0 aliphatic rings. The van der Waals surface area contributed by atoms with E-state index in [4.69, 9.17) is 11.6 Å². The SMILES string of the molecule is Cc1ccc(-c2cc3c(=O)n(C[C@@H](O)c4ccc(Cl)cc4)ccn3n2)cc1. The minimum Gasteiger partial charge on any atom is -0.387 e. The summed E-state index contributed by atoms with van der Waals surface area (Å²) in [5.74, 6) is 0. The van der Waals surface area contributed by atoms with Gasteiger partial charge in [0.2, 0.25) is 0 Å². The van der Waals surface area contributed by atoms with E-state index < -0.39 is 6.10 Å². The minimum absolute atomic E-state index is 0.155. The molecule has 1 N–H and O–H groups in total. The van der Waals surface area contributed by atoms with Gasteiger partial charge in [0, 0.05) is 23.0 Å². The molecule has 0 bridgehead atoms. The highest BCUT2D eigenvalue weighted by molar-refractivity contribution is 6.30. The summed E-state index contributed by atoms with van der Waals surface area (Å²) >= 11 is 5.88. The summed E-state index contributed by atoms with van der Waals surface area (Å²) in [6.07, 6.45) is 2.56. The molecule has 0 amide bonds. The van der Waals surface area contributed by atoms with Crippen LogP contribution < -0.4 is 5.56 Å².